The number of alkyl halides is 6. The molecule has 0 aliphatic carbocycles. The summed E-state index contributed by atoms with van der Waals surface area (Å²) in [5, 5.41) is 17.6. The van der Waals surface area contributed by atoms with Crippen LogP contribution in [0.1, 0.15) is 49.6 Å². The van der Waals surface area contributed by atoms with Gasteiger partial charge in [0, 0.05) is 6.07 Å². The number of nitrogens with zero attached hydrogens (tertiary/aromatic N) is 4. The standard InChI is InChI=1S/C19H18F7N5O/c1-3-17(32,4-2)15(10-5-6-11(12(20)7-10)18(21,22)23)30-14-8-13(19(24,25)26)29-16-27-9-28-31(14)16/h5-9,15,30,32H,3-4H2,1-2H3. The molecule has 2 heterocycles. The van der Waals surface area contributed by atoms with Gasteiger partial charge in [-0.15, -0.1) is 0 Å². The van der Waals surface area contributed by atoms with E-state index in [0.717, 1.165) is 16.9 Å². The van der Waals surface area contributed by atoms with Gasteiger partial charge in [-0.3, -0.25) is 0 Å². The maximum atomic E-state index is 14.2. The van der Waals surface area contributed by atoms with E-state index in [-0.39, 0.29) is 24.2 Å². The minimum Gasteiger partial charge on any atom is -0.387 e. The molecule has 3 rings (SSSR count). The molecule has 13 heteroatoms. The first-order valence-corrected chi connectivity index (χ1v) is 9.43. The van der Waals surface area contributed by atoms with Crippen LogP contribution in [0.2, 0.25) is 0 Å². The van der Waals surface area contributed by atoms with Crippen molar-refractivity contribution in [2.45, 2.75) is 50.7 Å². The molecule has 2 aromatic heterocycles. The zero-order chi connectivity index (χ0) is 23.9. The lowest BCUT2D eigenvalue weighted by Crippen LogP contribution is -2.40. The molecule has 0 bridgehead atoms. The van der Waals surface area contributed by atoms with Gasteiger partial charge in [-0.25, -0.2) is 9.37 Å². The number of rotatable bonds is 6. The highest BCUT2D eigenvalue weighted by Crippen LogP contribution is 2.39. The quantitative estimate of drug-likeness (QED) is 0.501. The van der Waals surface area contributed by atoms with Crippen molar-refractivity contribution in [2.75, 3.05) is 5.32 Å². The first kappa shape index (κ1) is 23.7. The second kappa shape index (κ2) is 8.19. The van der Waals surface area contributed by atoms with Crippen molar-refractivity contribution in [1.82, 2.24) is 19.6 Å². The van der Waals surface area contributed by atoms with Crippen molar-refractivity contribution in [3.8, 4) is 0 Å². The lowest BCUT2D eigenvalue weighted by atomic mass is 9.83. The van der Waals surface area contributed by atoms with Crippen LogP contribution in [0, 0.1) is 5.82 Å². The summed E-state index contributed by atoms with van der Waals surface area (Å²) in [5.74, 6) is -2.25. The number of hydrogen-bond acceptors (Lipinski definition) is 5. The lowest BCUT2D eigenvalue weighted by molar-refractivity contribution is -0.141. The predicted molar refractivity (Wildman–Crippen MR) is 99.1 cm³/mol. The van der Waals surface area contributed by atoms with Crippen LogP contribution < -0.4 is 5.32 Å². The molecule has 2 N–H and O–H groups in total. The molecule has 0 aliphatic rings. The molecule has 3 aromatic rings. The molecule has 1 aromatic carbocycles. The highest BCUT2D eigenvalue weighted by molar-refractivity contribution is 5.48. The van der Waals surface area contributed by atoms with Crippen molar-refractivity contribution in [1.29, 1.82) is 0 Å². The number of nitrogens with one attached hydrogen (secondary N) is 1. The first-order valence-electron chi connectivity index (χ1n) is 9.43. The second-order valence-electron chi connectivity index (χ2n) is 7.12. The molecule has 0 amide bonds. The smallest absolute Gasteiger partial charge is 0.387 e. The maximum Gasteiger partial charge on any atom is 0.433 e. The second-order valence-corrected chi connectivity index (χ2v) is 7.12. The zero-order valence-corrected chi connectivity index (χ0v) is 16.8. The number of anilines is 1. The summed E-state index contributed by atoms with van der Waals surface area (Å²) in [5.41, 5.74) is -4.55. The molecule has 0 saturated heterocycles. The number of aliphatic hydroxyl groups is 1. The van der Waals surface area contributed by atoms with Crippen LogP contribution in [-0.2, 0) is 12.4 Å². The van der Waals surface area contributed by atoms with Gasteiger partial charge in [0.2, 0.25) is 0 Å². The topological polar surface area (TPSA) is 75.3 Å². The van der Waals surface area contributed by atoms with Crippen LogP contribution in [0.15, 0.2) is 30.6 Å². The Bertz CT molecular complexity index is 1110. The summed E-state index contributed by atoms with van der Waals surface area (Å²) in [6, 6.07) is 1.42. The molecule has 6 nitrogen and oxygen atoms in total. The van der Waals surface area contributed by atoms with Gasteiger partial charge in [0.15, 0.2) is 5.69 Å². The molecule has 0 radical (unpaired) electrons. The van der Waals surface area contributed by atoms with E-state index in [1.54, 1.807) is 13.8 Å². The van der Waals surface area contributed by atoms with Gasteiger partial charge in [0.1, 0.15) is 18.0 Å². The minimum absolute atomic E-state index is 0.0571. The molecule has 0 fully saturated rings. The number of hydrogen-bond donors (Lipinski definition) is 2. The molecule has 0 aliphatic heterocycles. The number of benzene rings is 1. The van der Waals surface area contributed by atoms with E-state index in [1.807, 2.05) is 0 Å². The fraction of sp³-hybridized carbons (Fsp3) is 0.421. The third-order valence-electron chi connectivity index (χ3n) is 5.23. The van der Waals surface area contributed by atoms with E-state index in [4.69, 9.17) is 0 Å². The van der Waals surface area contributed by atoms with E-state index < -0.39 is 46.8 Å². The van der Waals surface area contributed by atoms with Crippen LogP contribution in [-0.4, -0.2) is 30.3 Å². The van der Waals surface area contributed by atoms with Crippen LogP contribution in [0.4, 0.5) is 36.6 Å². The fourth-order valence-electron chi connectivity index (χ4n) is 3.34. The molecular formula is C19H18F7N5O. The summed E-state index contributed by atoms with van der Waals surface area (Å²) >= 11 is 0. The van der Waals surface area contributed by atoms with Crippen LogP contribution in [0.5, 0.6) is 0 Å². The SMILES string of the molecule is CCC(O)(CC)C(Nc1cc(C(F)(F)F)nc2ncnn12)c1ccc(C(F)(F)F)c(F)c1. The number of halogens is 7. The van der Waals surface area contributed by atoms with Crippen molar-refractivity contribution in [2.24, 2.45) is 0 Å². The minimum atomic E-state index is -4.93. The normalized spacial score (nSPS) is 14.1. The molecule has 1 unspecified atom stereocenters. The summed E-state index contributed by atoms with van der Waals surface area (Å²) in [4.78, 5) is 7.02. The van der Waals surface area contributed by atoms with Gasteiger partial charge in [-0.1, -0.05) is 19.9 Å². The Balaban J connectivity index is 2.16. The summed E-state index contributed by atoms with van der Waals surface area (Å²) in [6.07, 6.45) is -8.68. The molecular weight excluding hydrogens is 447 g/mol. The monoisotopic (exact) mass is 465 g/mol. The highest BCUT2D eigenvalue weighted by atomic mass is 19.4. The van der Waals surface area contributed by atoms with Crippen LogP contribution in [0.3, 0.4) is 0 Å². The Morgan fingerprint density at radius 2 is 1.69 bits per heavy atom. The molecule has 32 heavy (non-hydrogen) atoms. The summed E-state index contributed by atoms with van der Waals surface area (Å²) in [7, 11) is 0. The molecule has 0 spiro atoms. The van der Waals surface area contributed by atoms with E-state index >= 15 is 0 Å². The van der Waals surface area contributed by atoms with E-state index in [2.05, 4.69) is 20.4 Å². The maximum absolute atomic E-state index is 14.2. The number of aromatic nitrogens is 4. The number of fused-ring (bicyclic) bond motifs is 1. The van der Waals surface area contributed by atoms with E-state index in [0.29, 0.717) is 18.2 Å². The fourth-order valence-corrected chi connectivity index (χ4v) is 3.34. The Morgan fingerprint density at radius 3 is 2.22 bits per heavy atom. The molecule has 0 saturated carbocycles. The van der Waals surface area contributed by atoms with Gasteiger partial charge < -0.3 is 10.4 Å². The Kier molecular flexibility index (Phi) is 6.06. The Labute approximate surface area is 177 Å². The molecule has 1 atom stereocenters. The van der Waals surface area contributed by atoms with Gasteiger partial charge in [0.05, 0.1) is 17.2 Å². The van der Waals surface area contributed by atoms with E-state index in [1.165, 1.54) is 0 Å². The first-order chi connectivity index (χ1) is 14.8. The highest BCUT2D eigenvalue weighted by Gasteiger charge is 2.39. The predicted octanol–water partition coefficient (Wildman–Crippen LogP) is 5.01. The largest absolute Gasteiger partial charge is 0.433 e. The van der Waals surface area contributed by atoms with Crippen molar-refractivity contribution >= 4 is 11.6 Å². The zero-order valence-electron chi connectivity index (χ0n) is 16.8. The van der Waals surface area contributed by atoms with Crippen molar-refractivity contribution < 1.29 is 35.8 Å². The average Bonchev–Trinajstić information content (AvgIpc) is 3.18. The van der Waals surface area contributed by atoms with E-state index in [9.17, 15) is 35.8 Å². The van der Waals surface area contributed by atoms with Crippen LogP contribution >= 0.6 is 0 Å². The Morgan fingerprint density at radius 1 is 1.03 bits per heavy atom. The summed E-state index contributed by atoms with van der Waals surface area (Å²) in [6.45, 7) is 3.16. The summed E-state index contributed by atoms with van der Waals surface area (Å²) < 4.78 is 93.9. The van der Waals surface area contributed by atoms with Crippen molar-refractivity contribution in [3.05, 3.63) is 53.2 Å². The lowest BCUT2D eigenvalue weighted by Gasteiger charge is -2.36. The Hall–Kier alpha value is -2.96. The average molecular weight is 465 g/mol. The third-order valence-corrected chi connectivity index (χ3v) is 5.23. The van der Waals surface area contributed by atoms with Gasteiger partial charge in [-0.2, -0.15) is 40.9 Å². The van der Waals surface area contributed by atoms with Crippen molar-refractivity contribution in [3.63, 3.8) is 0 Å². The molecule has 174 valence electrons. The van der Waals surface area contributed by atoms with Gasteiger partial charge in [-0.05, 0) is 30.5 Å². The third kappa shape index (κ3) is 4.47. The van der Waals surface area contributed by atoms with Gasteiger partial charge in [0.25, 0.3) is 5.78 Å². The van der Waals surface area contributed by atoms with Crippen LogP contribution in [0.25, 0.3) is 5.78 Å². The van der Waals surface area contributed by atoms with Gasteiger partial charge >= 0.3 is 12.4 Å².